The van der Waals surface area contributed by atoms with Gasteiger partial charge in [0.25, 0.3) is 0 Å². The number of aromatic amines is 1. The Morgan fingerprint density at radius 3 is 1.55 bits per heavy atom. The summed E-state index contributed by atoms with van der Waals surface area (Å²) in [7, 11) is 0. The molecule has 3 nitrogen and oxygen atoms in total. The Morgan fingerprint density at radius 1 is 0.518 bits per heavy atom. The van der Waals surface area contributed by atoms with E-state index >= 15 is 0 Å². The molecule has 0 bridgehead atoms. The Labute approximate surface area is 318 Å². The fourth-order valence-electron chi connectivity index (χ4n) is 8.19. The van der Waals surface area contributed by atoms with E-state index in [0.717, 1.165) is 93.4 Å². The number of nitrogens with zero attached hydrogens (tertiary/aromatic N) is 2. The molecule has 0 aliphatic heterocycles. The number of fused-ring (bicyclic) bond motifs is 9. The molecule has 3 aromatic heterocycles. The van der Waals surface area contributed by atoms with E-state index in [-0.39, 0.29) is 17.5 Å². The molecule has 0 unspecified atom stereocenters. The average Bonchev–Trinajstić information content (AvgIpc) is 3.84. The highest BCUT2D eigenvalue weighted by molar-refractivity contribution is 6.13. The molecule has 3 heterocycles. The molecular weight excluding hydrogens is 707 g/mol. The summed E-state index contributed by atoms with van der Waals surface area (Å²) >= 11 is 0. The minimum absolute atomic E-state index is 0.319. The van der Waals surface area contributed by atoms with Gasteiger partial charge in [0.05, 0.1) is 11.0 Å². The van der Waals surface area contributed by atoms with Crippen LogP contribution in [0.25, 0.3) is 93.4 Å². The summed E-state index contributed by atoms with van der Waals surface area (Å²) in [6.45, 7) is 3.96. The van der Waals surface area contributed by atoms with E-state index in [1.807, 2.05) is 16.7 Å². The zero-order valence-electron chi connectivity index (χ0n) is 29.8. The van der Waals surface area contributed by atoms with Gasteiger partial charge in [-0.2, -0.15) is 0 Å². The molecule has 270 valence electrons. The van der Waals surface area contributed by atoms with E-state index in [2.05, 4.69) is 76.8 Å². The van der Waals surface area contributed by atoms with Crippen molar-refractivity contribution in [1.82, 2.24) is 14.1 Å². The largest absolute Gasteiger partial charge is 0.355 e. The molecule has 7 aromatic carbocycles. The summed E-state index contributed by atoms with van der Waals surface area (Å²) in [5, 5.41) is 5.48. The van der Waals surface area contributed by atoms with E-state index in [1.54, 1.807) is 42.5 Å². The lowest BCUT2D eigenvalue weighted by Crippen LogP contribution is -1.94. The lowest BCUT2D eigenvalue weighted by atomic mass is 9.98. The van der Waals surface area contributed by atoms with Crippen LogP contribution < -0.4 is 0 Å². The molecule has 1 N–H and O–H groups in total. The normalized spacial score (nSPS) is 12.5. The van der Waals surface area contributed by atoms with Gasteiger partial charge in [0.1, 0.15) is 23.3 Å². The van der Waals surface area contributed by atoms with Crippen LogP contribution in [-0.2, 0) is 6.54 Å². The second kappa shape index (κ2) is 13.0. The molecule has 7 heteroatoms. The van der Waals surface area contributed by atoms with Crippen LogP contribution >= 0.6 is 0 Å². The third-order valence-electron chi connectivity index (χ3n) is 10.7. The summed E-state index contributed by atoms with van der Waals surface area (Å²) < 4.78 is 61.3. The van der Waals surface area contributed by atoms with Crippen molar-refractivity contribution in [1.29, 1.82) is 0 Å². The van der Waals surface area contributed by atoms with Gasteiger partial charge in [-0.25, -0.2) is 17.6 Å². The number of benzene rings is 7. The third kappa shape index (κ3) is 5.51. The number of nitrogens with one attached hydrogen (secondary N) is 1. The monoisotopic (exact) mass is 737 g/mol. The maximum Gasteiger partial charge on any atom is 0.123 e. The fourth-order valence-corrected chi connectivity index (χ4v) is 8.19. The van der Waals surface area contributed by atoms with Crippen LogP contribution in [0.2, 0.25) is 0 Å². The SMILES string of the molecule is C=C/C=C(F)\C=C/Cn1c2ccc(F)cc2c2cc(-c3ccc4[nH]c5ccc(-c6ccc7c(c6)c6cc(F)ccc6n7-c6ccc(F)cc6)cc5c4c3)ccc21. The van der Waals surface area contributed by atoms with Crippen molar-refractivity contribution in [2.24, 2.45) is 0 Å². The van der Waals surface area contributed by atoms with E-state index in [1.165, 1.54) is 42.5 Å². The van der Waals surface area contributed by atoms with Crippen molar-refractivity contribution >= 4 is 65.4 Å². The average molecular weight is 738 g/mol. The highest BCUT2D eigenvalue weighted by Gasteiger charge is 2.17. The maximum absolute atomic E-state index is 14.7. The van der Waals surface area contributed by atoms with Gasteiger partial charge in [0, 0.05) is 66.6 Å². The van der Waals surface area contributed by atoms with Crippen molar-refractivity contribution in [2.45, 2.75) is 6.54 Å². The number of allylic oxidation sites excluding steroid dienone is 5. The van der Waals surface area contributed by atoms with Gasteiger partial charge in [-0.05, 0) is 144 Å². The molecule has 0 spiro atoms. The fraction of sp³-hybridized carbons (Fsp3) is 0.0204. The Morgan fingerprint density at radius 2 is 0.964 bits per heavy atom. The molecular formula is C49H31F4N3. The van der Waals surface area contributed by atoms with E-state index < -0.39 is 5.83 Å². The first-order chi connectivity index (χ1) is 27.3. The Balaban J connectivity index is 1.07. The predicted octanol–water partition coefficient (Wildman–Crippen LogP) is 13.9. The maximum atomic E-state index is 14.7. The lowest BCUT2D eigenvalue weighted by Gasteiger charge is -2.08. The van der Waals surface area contributed by atoms with Gasteiger partial charge in [-0.3, -0.25) is 0 Å². The number of hydrogen-bond acceptors (Lipinski definition) is 0. The van der Waals surface area contributed by atoms with Gasteiger partial charge in [-0.1, -0.05) is 43.0 Å². The number of aromatic nitrogens is 3. The molecule has 0 saturated heterocycles. The molecule has 0 saturated carbocycles. The minimum Gasteiger partial charge on any atom is -0.355 e. The van der Waals surface area contributed by atoms with Crippen LogP contribution in [0.15, 0.2) is 170 Å². The van der Waals surface area contributed by atoms with Crippen LogP contribution in [0.3, 0.4) is 0 Å². The first-order valence-corrected chi connectivity index (χ1v) is 18.3. The smallest absolute Gasteiger partial charge is 0.123 e. The van der Waals surface area contributed by atoms with Crippen LogP contribution in [0.1, 0.15) is 0 Å². The molecule has 0 aliphatic rings. The van der Waals surface area contributed by atoms with Crippen molar-refractivity contribution in [3.8, 4) is 27.9 Å². The van der Waals surface area contributed by atoms with Gasteiger partial charge in [-0.15, -0.1) is 0 Å². The van der Waals surface area contributed by atoms with Crippen molar-refractivity contribution in [2.75, 3.05) is 0 Å². The summed E-state index contributed by atoms with van der Waals surface area (Å²) in [4.78, 5) is 3.56. The summed E-state index contributed by atoms with van der Waals surface area (Å²) in [5.74, 6) is -1.35. The van der Waals surface area contributed by atoms with Crippen molar-refractivity contribution in [3.63, 3.8) is 0 Å². The van der Waals surface area contributed by atoms with Crippen LogP contribution in [0.5, 0.6) is 0 Å². The van der Waals surface area contributed by atoms with E-state index in [4.69, 9.17) is 0 Å². The first-order valence-electron chi connectivity index (χ1n) is 18.3. The molecule has 0 radical (unpaired) electrons. The summed E-state index contributed by atoms with van der Waals surface area (Å²) in [6, 6.07) is 41.0. The molecule has 0 atom stereocenters. The van der Waals surface area contributed by atoms with E-state index in [0.29, 0.717) is 6.54 Å². The standard InChI is InChI=1S/C49H31F4N3/c1-2-4-33(50)5-3-22-55-46-18-8-31(25-40(46)42-27-35(52)12-20-47(42)55)29-6-16-44-38(23-29)39-24-30(7-17-45(39)54-44)32-9-19-48-41(26-32)43-28-36(53)13-21-49(43)56(48)37-14-10-34(51)11-15-37/h2-21,23-28,54H,1,22H2/b5-3-,33-4+. The summed E-state index contributed by atoms with van der Waals surface area (Å²) in [6.07, 6.45) is 5.86. The Hall–Kier alpha value is -7.12. The van der Waals surface area contributed by atoms with Crippen molar-refractivity contribution < 1.29 is 17.6 Å². The van der Waals surface area contributed by atoms with Gasteiger partial charge in [0.15, 0.2) is 0 Å². The van der Waals surface area contributed by atoms with E-state index in [9.17, 15) is 17.6 Å². The molecule has 0 aliphatic carbocycles. The lowest BCUT2D eigenvalue weighted by molar-refractivity contribution is 0.627. The Kier molecular flexibility index (Phi) is 7.78. The highest BCUT2D eigenvalue weighted by Crippen LogP contribution is 2.39. The van der Waals surface area contributed by atoms with Gasteiger partial charge >= 0.3 is 0 Å². The zero-order valence-corrected chi connectivity index (χ0v) is 29.8. The number of hydrogen-bond donors (Lipinski definition) is 1. The topological polar surface area (TPSA) is 25.6 Å². The van der Waals surface area contributed by atoms with Crippen LogP contribution in [0, 0.1) is 17.5 Å². The molecule has 10 rings (SSSR count). The number of H-pyrrole nitrogens is 1. The van der Waals surface area contributed by atoms with Crippen molar-refractivity contribution in [3.05, 3.63) is 188 Å². The quantitative estimate of drug-likeness (QED) is 0.125. The van der Waals surface area contributed by atoms with Gasteiger partial charge in [0.2, 0.25) is 0 Å². The molecule has 10 aromatic rings. The predicted molar refractivity (Wildman–Crippen MR) is 222 cm³/mol. The minimum atomic E-state index is -0.390. The Bertz CT molecular complexity index is 3290. The van der Waals surface area contributed by atoms with Crippen LogP contribution in [0.4, 0.5) is 17.6 Å². The molecule has 56 heavy (non-hydrogen) atoms. The highest BCUT2D eigenvalue weighted by atomic mass is 19.1. The summed E-state index contributed by atoms with van der Waals surface area (Å²) in [5.41, 5.74) is 10.3. The van der Waals surface area contributed by atoms with Gasteiger partial charge < -0.3 is 14.1 Å². The number of rotatable bonds is 7. The third-order valence-corrected chi connectivity index (χ3v) is 10.7. The second-order valence-electron chi connectivity index (χ2n) is 14.0. The number of halogens is 4. The first kappa shape index (κ1) is 33.4. The zero-order chi connectivity index (χ0) is 38.1. The van der Waals surface area contributed by atoms with Crippen LogP contribution in [-0.4, -0.2) is 14.1 Å². The molecule has 0 fully saturated rings. The second-order valence-corrected chi connectivity index (χ2v) is 14.0. The molecule has 0 amide bonds.